The lowest BCUT2D eigenvalue weighted by atomic mass is 9.75. The Labute approximate surface area is 227 Å². The quantitative estimate of drug-likeness (QED) is 0.430. The molecule has 2 aromatic rings. The molecule has 0 bridgehead atoms. The van der Waals surface area contributed by atoms with Gasteiger partial charge in [-0.25, -0.2) is 13.2 Å². The van der Waals surface area contributed by atoms with Gasteiger partial charge in [0.15, 0.2) is 17.0 Å². The van der Waals surface area contributed by atoms with E-state index in [1.165, 1.54) is 11.4 Å². The Hall–Kier alpha value is -2.58. The highest BCUT2D eigenvalue weighted by Crippen LogP contribution is 2.45. The predicted molar refractivity (Wildman–Crippen MR) is 147 cm³/mol. The van der Waals surface area contributed by atoms with Gasteiger partial charge < -0.3 is 14.2 Å². The minimum absolute atomic E-state index is 0.138. The maximum absolute atomic E-state index is 14.3. The van der Waals surface area contributed by atoms with E-state index in [-0.39, 0.29) is 23.5 Å². The fraction of sp³-hybridized carbons (Fsp3) is 0.567. The van der Waals surface area contributed by atoms with E-state index in [0.29, 0.717) is 35.3 Å². The number of benzene rings is 2. The summed E-state index contributed by atoms with van der Waals surface area (Å²) in [5.41, 5.74) is 0.777. The van der Waals surface area contributed by atoms with Gasteiger partial charge in [0.05, 0.1) is 19.1 Å². The van der Waals surface area contributed by atoms with Crippen molar-refractivity contribution >= 4 is 16.0 Å². The maximum Gasteiger partial charge on any atom is 0.332 e. The minimum atomic E-state index is -4.03. The molecule has 8 heteroatoms. The number of aryl methyl sites for hydroxylation is 1. The van der Waals surface area contributed by atoms with Crippen LogP contribution >= 0.6 is 0 Å². The summed E-state index contributed by atoms with van der Waals surface area (Å²) in [7, 11) is -0.942. The number of methoxy groups -OCH3 is 2. The van der Waals surface area contributed by atoms with Gasteiger partial charge in [-0.1, -0.05) is 44.9 Å². The first kappa shape index (κ1) is 28.4. The molecule has 4 rings (SSSR count). The topological polar surface area (TPSA) is 82.1 Å². The van der Waals surface area contributed by atoms with Crippen LogP contribution in [0, 0.1) is 24.7 Å². The van der Waals surface area contributed by atoms with Crippen molar-refractivity contribution in [3.05, 3.63) is 53.1 Å². The lowest BCUT2D eigenvalue weighted by Gasteiger charge is -2.45. The molecule has 1 saturated carbocycles. The number of fused-ring (bicyclic) bond motifs is 1. The molecule has 1 heterocycles. The number of esters is 1. The molecule has 0 unspecified atom stereocenters. The summed E-state index contributed by atoms with van der Waals surface area (Å²) in [5.74, 6) is 1.44. The summed E-state index contributed by atoms with van der Waals surface area (Å²) in [6, 6.07) is 10.3. The summed E-state index contributed by atoms with van der Waals surface area (Å²) in [5, 5.41) is 0. The van der Waals surface area contributed by atoms with Crippen LogP contribution in [0.2, 0.25) is 0 Å². The van der Waals surface area contributed by atoms with Crippen LogP contribution in [0.25, 0.3) is 0 Å². The van der Waals surface area contributed by atoms with Crippen LogP contribution < -0.4 is 9.47 Å². The van der Waals surface area contributed by atoms with Gasteiger partial charge in [0, 0.05) is 6.54 Å². The number of sulfonamides is 1. The van der Waals surface area contributed by atoms with E-state index in [2.05, 4.69) is 20.8 Å². The van der Waals surface area contributed by atoms with Crippen LogP contribution in [-0.4, -0.2) is 45.6 Å². The van der Waals surface area contributed by atoms with Crippen molar-refractivity contribution in [1.82, 2.24) is 4.31 Å². The Morgan fingerprint density at radius 3 is 2.29 bits per heavy atom. The van der Waals surface area contributed by atoms with Crippen LogP contribution in [0.15, 0.2) is 41.3 Å². The second kappa shape index (κ2) is 10.9. The molecule has 38 heavy (non-hydrogen) atoms. The average molecular weight is 544 g/mol. The van der Waals surface area contributed by atoms with Crippen LogP contribution in [-0.2, 0) is 31.5 Å². The molecule has 0 N–H and O–H groups in total. The molecule has 0 aromatic heterocycles. The molecule has 0 saturated heterocycles. The van der Waals surface area contributed by atoms with Crippen molar-refractivity contribution in [2.75, 3.05) is 20.8 Å². The zero-order valence-electron chi connectivity index (χ0n) is 23.6. The Bertz CT molecular complexity index is 1270. The highest BCUT2D eigenvalue weighted by atomic mass is 32.2. The Kier molecular flexibility index (Phi) is 8.15. The van der Waals surface area contributed by atoms with Crippen LogP contribution in [0.3, 0.4) is 0 Å². The number of carbonyl (C=O) groups excluding carboxylic acids is 1. The summed E-state index contributed by atoms with van der Waals surface area (Å²) < 4.78 is 46.9. The largest absolute Gasteiger partial charge is 0.493 e. The molecule has 1 fully saturated rings. The van der Waals surface area contributed by atoms with Gasteiger partial charge in [-0.3, -0.25) is 0 Å². The van der Waals surface area contributed by atoms with E-state index >= 15 is 0 Å². The van der Waals surface area contributed by atoms with Crippen LogP contribution in [0.1, 0.15) is 63.6 Å². The van der Waals surface area contributed by atoms with Crippen molar-refractivity contribution in [1.29, 1.82) is 0 Å². The third kappa shape index (κ3) is 5.05. The molecule has 1 aliphatic carbocycles. The van der Waals surface area contributed by atoms with Gasteiger partial charge in [-0.05, 0) is 86.3 Å². The summed E-state index contributed by atoms with van der Waals surface area (Å²) in [6.45, 7) is 10.2. The molecular weight excluding hydrogens is 502 g/mol. The Morgan fingerprint density at radius 1 is 1.05 bits per heavy atom. The lowest BCUT2D eigenvalue weighted by molar-refractivity contribution is -0.168. The SMILES string of the molecule is COc1cc2c(cc1OC)[C@@](C)(C(=O)O[C@H]1C[C@@H](C)CC[C@@H]1C(C)C)N(S(=O)(=O)c1ccc(C)cc1)CC2. The first-order chi connectivity index (χ1) is 17.9. The van der Waals surface area contributed by atoms with Gasteiger partial charge in [0.2, 0.25) is 10.0 Å². The molecular formula is C30H41NO6S. The first-order valence-corrected chi connectivity index (χ1v) is 14.9. The average Bonchev–Trinajstić information content (AvgIpc) is 2.88. The van der Waals surface area contributed by atoms with E-state index in [4.69, 9.17) is 14.2 Å². The molecule has 1 aliphatic heterocycles. The Morgan fingerprint density at radius 2 is 1.68 bits per heavy atom. The zero-order valence-corrected chi connectivity index (χ0v) is 24.4. The molecule has 7 nitrogen and oxygen atoms in total. The lowest BCUT2D eigenvalue weighted by Crippen LogP contribution is -2.57. The van der Waals surface area contributed by atoms with E-state index in [1.54, 1.807) is 44.4 Å². The van der Waals surface area contributed by atoms with Crippen LogP contribution in [0.4, 0.5) is 0 Å². The Balaban J connectivity index is 1.84. The number of carbonyl (C=O) groups is 1. The van der Waals surface area contributed by atoms with E-state index in [0.717, 1.165) is 30.4 Å². The van der Waals surface area contributed by atoms with Crippen molar-refractivity contribution < 1.29 is 27.4 Å². The zero-order chi connectivity index (χ0) is 27.8. The number of hydrogen-bond donors (Lipinski definition) is 0. The third-order valence-corrected chi connectivity index (χ3v) is 10.4. The van der Waals surface area contributed by atoms with Gasteiger partial charge in [0.1, 0.15) is 6.10 Å². The number of hydrogen-bond acceptors (Lipinski definition) is 6. The van der Waals surface area contributed by atoms with E-state index in [9.17, 15) is 13.2 Å². The van der Waals surface area contributed by atoms with Crippen molar-refractivity contribution in [3.8, 4) is 11.5 Å². The standard InChI is InChI=1S/C30H41NO6S/c1-19(2)24-13-10-21(4)16-26(24)37-29(32)30(5)25-18-28(36-7)27(35-6)17-22(25)14-15-31(30)38(33,34)23-11-8-20(3)9-12-23/h8-9,11-12,17-19,21,24,26H,10,13-16H2,1-7H3/t21-,24+,26-,30-/m0/s1. The summed E-state index contributed by atoms with van der Waals surface area (Å²) >= 11 is 0. The number of ether oxygens (including phenoxy) is 3. The van der Waals surface area contributed by atoms with E-state index < -0.39 is 21.5 Å². The molecule has 0 spiro atoms. The summed E-state index contributed by atoms with van der Waals surface area (Å²) in [4.78, 5) is 14.5. The van der Waals surface area contributed by atoms with E-state index in [1.807, 2.05) is 13.0 Å². The molecule has 2 aromatic carbocycles. The minimum Gasteiger partial charge on any atom is -0.493 e. The third-order valence-electron chi connectivity index (χ3n) is 8.44. The van der Waals surface area contributed by atoms with Gasteiger partial charge in [0.25, 0.3) is 0 Å². The monoisotopic (exact) mass is 543 g/mol. The second-order valence-electron chi connectivity index (χ2n) is 11.3. The second-order valence-corrected chi connectivity index (χ2v) is 13.2. The van der Waals surface area contributed by atoms with Crippen molar-refractivity contribution in [3.63, 3.8) is 0 Å². The molecule has 2 aliphatic rings. The molecule has 4 atom stereocenters. The smallest absolute Gasteiger partial charge is 0.332 e. The van der Waals surface area contributed by atoms with Gasteiger partial charge in [-0.15, -0.1) is 0 Å². The molecule has 0 radical (unpaired) electrons. The number of rotatable bonds is 7. The van der Waals surface area contributed by atoms with Gasteiger partial charge >= 0.3 is 5.97 Å². The highest BCUT2D eigenvalue weighted by molar-refractivity contribution is 7.89. The number of nitrogens with zero attached hydrogens (tertiary/aromatic N) is 1. The van der Waals surface area contributed by atoms with Crippen LogP contribution in [0.5, 0.6) is 11.5 Å². The highest BCUT2D eigenvalue weighted by Gasteiger charge is 2.53. The maximum atomic E-state index is 14.3. The molecule has 0 amide bonds. The fourth-order valence-corrected chi connectivity index (χ4v) is 7.79. The van der Waals surface area contributed by atoms with Crippen molar-refractivity contribution in [2.45, 2.75) is 76.8 Å². The normalized spacial score (nSPS) is 26.1. The summed E-state index contributed by atoms with van der Waals surface area (Å²) in [6.07, 6.45) is 3.02. The molecule has 208 valence electrons. The predicted octanol–water partition coefficient (Wildman–Crippen LogP) is 5.48. The fourth-order valence-electron chi connectivity index (χ4n) is 6.07. The van der Waals surface area contributed by atoms with Crippen molar-refractivity contribution in [2.24, 2.45) is 17.8 Å². The van der Waals surface area contributed by atoms with Gasteiger partial charge in [-0.2, -0.15) is 4.31 Å². The first-order valence-electron chi connectivity index (χ1n) is 13.5.